The number of benzene rings is 1. The van der Waals surface area contributed by atoms with Crippen molar-refractivity contribution >= 4 is 28.9 Å². The highest BCUT2D eigenvalue weighted by Crippen LogP contribution is 2.27. The Morgan fingerprint density at radius 1 is 1.28 bits per heavy atom. The number of para-hydroxylation sites is 1. The van der Waals surface area contributed by atoms with Crippen LogP contribution in [0.1, 0.15) is 38.0 Å². The summed E-state index contributed by atoms with van der Waals surface area (Å²) in [5.41, 5.74) is 1.82. The number of carbonyl (C=O) groups is 2. The lowest BCUT2D eigenvalue weighted by atomic mass is 10.0. The van der Waals surface area contributed by atoms with E-state index in [0.29, 0.717) is 13.1 Å². The average molecular weight is 340 g/mol. The molecule has 2 heterocycles. The van der Waals surface area contributed by atoms with Crippen LogP contribution in [-0.4, -0.2) is 35.8 Å². The maximum atomic E-state index is 12.2. The van der Waals surface area contributed by atoms with Crippen LogP contribution in [0.2, 0.25) is 0 Å². The Kier molecular flexibility index (Phi) is 5.22. The minimum atomic E-state index is -0.103. The van der Waals surface area contributed by atoms with Crippen molar-refractivity contribution in [2.24, 2.45) is 0 Å². The third-order valence-electron chi connectivity index (χ3n) is 4.72. The van der Waals surface area contributed by atoms with Crippen molar-refractivity contribution in [1.82, 2.24) is 10.2 Å². The zero-order valence-electron chi connectivity index (χ0n) is 14.7. The van der Waals surface area contributed by atoms with Gasteiger partial charge in [-0.3, -0.25) is 9.59 Å². The Balaban J connectivity index is 1.65. The van der Waals surface area contributed by atoms with Crippen molar-refractivity contribution in [1.29, 1.82) is 0 Å². The summed E-state index contributed by atoms with van der Waals surface area (Å²) in [7, 11) is 0. The molecular weight excluding hydrogens is 316 g/mol. The SMILES string of the molecule is CCc1oc2ccccc2c1/C=C/C(=O)NC1CCN(C(C)=O)CC1. The largest absolute Gasteiger partial charge is 0.460 e. The number of rotatable bonds is 4. The Morgan fingerprint density at radius 2 is 2.00 bits per heavy atom. The quantitative estimate of drug-likeness (QED) is 0.870. The summed E-state index contributed by atoms with van der Waals surface area (Å²) >= 11 is 0. The first kappa shape index (κ1) is 17.3. The van der Waals surface area contributed by atoms with E-state index in [1.165, 1.54) is 0 Å². The van der Waals surface area contributed by atoms with Crippen LogP contribution >= 0.6 is 0 Å². The molecule has 0 atom stereocenters. The molecule has 3 rings (SSSR count). The number of amides is 2. The van der Waals surface area contributed by atoms with Gasteiger partial charge in [-0.25, -0.2) is 0 Å². The molecule has 0 bridgehead atoms. The van der Waals surface area contributed by atoms with E-state index in [1.54, 1.807) is 13.0 Å². The van der Waals surface area contributed by atoms with Crippen LogP contribution in [0.15, 0.2) is 34.8 Å². The van der Waals surface area contributed by atoms with E-state index in [4.69, 9.17) is 4.42 Å². The number of aryl methyl sites for hydroxylation is 1. The lowest BCUT2D eigenvalue weighted by Gasteiger charge is -2.31. The molecule has 0 aliphatic carbocycles. The van der Waals surface area contributed by atoms with Gasteiger partial charge in [0.25, 0.3) is 0 Å². The Morgan fingerprint density at radius 3 is 2.68 bits per heavy atom. The van der Waals surface area contributed by atoms with E-state index in [-0.39, 0.29) is 17.9 Å². The summed E-state index contributed by atoms with van der Waals surface area (Å²) in [4.78, 5) is 25.4. The van der Waals surface area contributed by atoms with E-state index < -0.39 is 0 Å². The fourth-order valence-corrected chi connectivity index (χ4v) is 3.31. The standard InChI is InChI=1S/C20H24N2O3/c1-3-18-17(16-6-4-5-7-19(16)25-18)8-9-20(24)21-15-10-12-22(13-11-15)14(2)23/h4-9,15H,3,10-13H2,1-2H3,(H,21,24)/b9-8+. The maximum absolute atomic E-state index is 12.2. The normalized spacial score (nSPS) is 15.8. The average Bonchev–Trinajstić information content (AvgIpc) is 2.98. The highest BCUT2D eigenvalue weighted by Gasteiger charge is 2.21. The van der Waals surface area contributed by atoms with E-state index in [2.05, 4.69) is 5.32 Å². The topological polar surface area (TPSA) is 62.6 Å². The molecular formula is C20H24N2O3. The first-order valence-electron chi connectivity index (χ1n) is 8.83. The molecule has 2 amide bonds. The van der Waals surface area contributed by atoms with Crippen molar-refractivity contribution in [2.75, 3.05) is 13.1 Å². The molecule has 0 spiro atoms. The molecule has 1 aliphatic heterocycles. The van der Waals surface area contributed by atoms with E-state index in [9.17, 15) is 9.59 Å². The lowest BCUT2D eigenvalue weighted by Crippen LogP contribution is -2.45. The van der Waals surface area contributed by atoms with Crippen LogP contribution < -0.4 is 5.32 Å². The van der Waals surface area contributed by atoms with Gasteiger partial charge in [0.2, 0.25) is 11.8 Å². The van der Waals surface area contributed by atoms with Gasteiger partial charge in [-0.15, -0.1) is 0 Å². The van der Waals surface area contributed by atoms with Crippen molar-refractivity contribution in [2.45, 2.75) is 39.2 Å². The van der Waals surface area contributed by atoms with Gasteiger partial charge in [0.05, 0.1) is 0 Å². The van der Waals surface area contributed by atoms with E-state index in [0.717, 1.165) is 41.6 Å². The molecule has 1 N–H and O–H groups in total. The third kappa shape index (κ3) is 3.92. The zero-order chi connectivity index (χ0) is 17.8. The first-order chi connectivity index (χ1) is 12.1. The number of fused-ring (bicyclic) bond motifs is 1. The predicted octanol–water partition coefficient (Wildman–Crippen LogP) is 3.14. The highest BCUT2D eigenvalue weighted by molar-refractivity contribution is 5.96. The molecule has 1 saturated heterocycles. The Bertz CT molecular complexity index is 798. The predicted molar refractivity (Wildman–Crippen MR) is 98.0 cm³/mol. The van der Waals surface area contributed by atoms with Crippen molar-refractivity contribution < 1.29 is 14.0 Å². The summed E-state index contributed by atoms with van der Waals surface area (Å²) in [5, 5.41) is 4.06. The Labute approximate surface area is 147 Å². The minimum absolute atomic E-state index is 0.101. The summed E-state index contributed by atoms with van der Waals surface area (Å²) in [6, 6.07) is 7.98. The molecule has 132 valence electrons. The molecule has 0 radical (unpaired) electrons. The summed E-state index contributed by atoms with van der Waals surface area (Å²) < 4.78 is 5.84. The number of piperidine rings is 1. The second-order valence-corrected chi connectivity index (χ2v) is 6.41. The summed E-state index contributed by atoms with van der Waals surface area (Å²) in [5.74, 6) is 0.886. The molecule has 1 aromatic carbocycles. The van der Waals surface area contributed by atoms with Crippen molar-refractivity contribution in [3.8, 4) is 0 Å². The number of hydrogen-bond acceptors (Lipinski definition) is 3. The molecule has 5 nitrogen and oxygen atoms in total. The molecule has 0 saturated carbocycles. The van der Waals surface area contributed by atoms with E-state index in [1.807, 2.05) is 42.2 Å². The minimum Gasteiger partial charge on any atom is -0.460 e. The monoisotopic (exact) mass is 340 g/mol. The number of carbonyl (C=O) groups excluding carboxylic acids is 2. The van der Waals surface area contributed by atoms with Gasteiger partial charge in [-0.2, -0.15) is 0 Å². The van der Waals surface area contributed by atoms with Crippen LogP contribution in [0.25, 0.3) is 17.0 Å². The second kappa shape index (κ2) is 7.55. The lowest BCUT2D eigenvalue weighted by molar-refractivity contribution is -0.129. The van der Waals surface area contributed by atoms with Gasteiger partial charge < -0.3 is 14.6 Å². The van der Waals surface area contributed by atoms with Crippen molar-refractivity contribution in [3.05, 3.63) is 41.7 Å². The number of hydrogen-bond donors (Lipinski definition) is 1. The summed E-state index contributed by atoms with van der Waals surface area (Å²) in [6.45, 7) is 5.03. The maximum Gasteiger partial charge on any atom is 0.244 e. The number of nitrogens with zero attached hydrogens (tertiary/aromatic N) is 1. The zero-order valence-corrected chi connectivity index (χ0v) is 14.7. The van der Waals surface area contributed by atoms with E-state index >= 15 is 0 Å². The number of nitrogens with one attached hydrogen (secondary N) is 1. The Hall–Kier alpha value is -2.56. The summed E-state index contributed by atoms with van der Waals surface area (Å²) in [6.07, 6.45) is 5.79. The van der Waals surface area contributed by atoms with Gasteiger partial charge in [0.1, 0.15) is 11.3 Å². The molecule has 2 aromatic rings. The molecule has 0 unspecified atom stereocenters. The first-order valence-corrected chi connectivity index (χ1v) is 8.83. The number of furan rings is 1. The fourth-order valence-electron chi connectivity index (χ4n) is 3.31. The fraction of sp³-hybridized carbons (Fsp3) is 0.400. The van der Waals surface area contributed by atoms with Gasteiger partial charge >= 0.3 is 0 Å². The van der Waals surface area contributed by atoms with Crippen LogP contribution in [0.4, 0.5) is 0 Å². The van der Waals surface area contributed by atoms with Gasteiger partial charge in [0.15, 0.2) is 0 Å². The second-order valence-electron chi connectivity index (χ2n) is 6.41. The van der Waals surface area contributed by atoms with Crippen molar-refractivity contribution in [3.63, 3.8) is 0 Å². The molecule has 25 heavy (non-hydrogen) atoms. The van der Waals surface area contributed by atoms with Gasteiger partial charge in [0, 0.05) is 49.5 Å². The molecule has 1 aliphatic rings. The van der Waals surface area contributed by atoms with Crippen LogP contribution in [0, 0.1) is 0 Å². The highest BCUT2D eigenvalue weighted by atomic mass is 16.3. The van der Waals surface area contributed by atoms with Crippen LogP contribution in [0.3, 0.4) is 0 Å². The van der Waals surface area contributed by atoms with Crippen LogP contribution in [0.5, 0.6) is 0 Å². The van der Waals surface area contributed by atoms with Crippen LogP contribution in [-0.2, 0) is 16.0 Å². The third-order valence-corrected chi connectivity index (χ3v) is 4.72. The molecule has 5 heteroatoms. The molecule has 1 aromatic heterocycles. The van der Waals surface area contributed by atoms with Gasteiger partial charge in [-0.1, -0.05) is 25.1 Å². The number of likely N-dealkylation sites (tertiary alicyclic amines) is 1. The smallest absolute Gasteiger partial charge is 0.244 e. The van der Waals surface area contributed by atoms with Gasteiger partial charge in [-0.05, 0) is 25.0 Å². The molecule has 1 fully saturated rings.